The molecule has 2 nitrogen and oxygen atoms in total. The molecule has 0 unspecified atom stereocenters. The minimum absolute atomic E-state index is 1.11. The number of nitrogens with zero attached hydrogens (tertiary/aromatic N) is 1. The van der Waals surface area contributed by atoms with Gasteiger partial charge in [0.2, 0.25) is 0 Å². The largest absolute Gasteiger partial charge is 0.308 e. The molecule has 0 aromatic heterocycles. The van der Waals surface area contributed by atoms with Crippen LogP contribution in [-0.4, -0.2) is 13.1 Å². The standard InChI is InChI=1S/C11H16N2/c1-2-10-6-3-4-7-11(10)13-9-5-8-12-13/h3-4,6-7,12H,2,5,8-9H2,1H3. The van der Waals surface area contributed by atoms with Gasteiger partial charge in [-0.1, -0.05) is 25.1 Å². The lowest BCUT2D eigenvalue weighted by Gasteiger charge is -2.20. The summed E-state index contributed by atoms with van der Waals surface area (Å²) in [6.45, 7) is 4.45. The van der Waals surface area contributed by atoms with E-state index in [1.54, 1.807) is 0 Å². The molecule has 0 atom stereocenters. The van der Waals surface area contributed by atoms with Crippen molar-refractivity contribution in [2.75, 3.05) is 18.1 Å². The molecule has 1 fully saturated rings. The van der Waals surface area contributed by atoms with E-state index in [0.29, 0.717) is 0 Å². The Hall–Kier alpha value is -1.02. The zero-order valence-corrected chi connectivity index (χ0v) is 8.09. The Bertz CT molecular complexity index is 277. The highest BCUT2D eigenvalue weighted by molar-refractivity contribution is 5.53. The topological polar surface area (TPSA) is 15.3 Å². The highest BCUT2D eigenvalue weighted by Gasteiger charge is 2.13. The van der Waals surface area contributed by atoms with Crippen molar-refractivity contribution in [2.45, 2.75) is 19.8 Å². The van der Waals surface area contributed by atoms with E-state index >= 15 is 0 Å². The van der Waals surface area contributed by atoms with E-state index in [-0.39, 0.29) is 0 Å². The third-order valence-electron chi connectivity index (χ3n) is 2.52. The van der Waals surface area contributed by atoms with E-state index in [1.165, 1.54) is 17.7 Å². The third kappa shape index (κ3) is 1.68. The minimum Gasteiger partial charge on any atom is -0.308 e. The Morgan fingerprint density at radius 1 is 1.38 bits per heavy atom. The molecule has 1 saturated heterocycles. The lowest BCUT2D eigenvalue weighted by Crippen LogP contribution is -2.31. The molecule has 0 aliphatic carbocycles. The zero-order valence-electron chi connectivity index (χ0n) is 8.09. The molecule has 1 aliphatic rings. The van der Waals surface area contributed by atoms with Crippen LogP contribution < -0.4 is 10.4 Å². The summed E-state index contributed by atoms with van der Waals surface area (Å²) in [5, 5.41) is 2.26. The SMILES string of the molecule is CCc1ccccc1N1CCCN1. The molecule has 1 aromatic rings. The fraction of sp³-hybridized carbons (Fsp3) is 0.455. The summed E-state index contributed by atoms with van der Waals surface area (Å²) in [5.41, 5.74) is 6.16. The van der Waals surface area contributed by atoms with Gasteiger partial charge in [-0.25, -0.2) is 5.43 Å². The second-order valence-corrected chi connectivity index (χ2v) is 3.40. The van der Waals surface area contributed by atoms with Crippen molar-refractivity contribution >= 4 is 5.69 Å². The van der Waals surface area contributed by atoms with Crippen molar-refractivity contribution in [3.63, 3.8) is 0 Å². The Morgan fingerprint density at radius 2 is 2.23 bits per heavy atom. The van der Waals surface area contributed by atoms with Crippen molar-refractivity contribution in [2.24, 2.45) is 0 Å². The van der Waals surface area contributed by atoms with Crippen LogP contribution >= 0.6 is 0 Å². The number of rotatable bonds is 2. The van der Waals surface area contributed by atoms with Gasteiger partial charge in [-0.3, -0.25) is 0 Å². The molecule has 0 amide bonds. The number of hydrogen-bond acceptors (Lipinski definition) is 2. The lowest BCUT2D eigenvalue weighted by atomic mass is 10.1. The Labute approximate surface area is 79.5 Å². The van der Waals surface area contributed by atoms with Crippen molar-refractivity contribution in [3.05, 3.63) is 29.8 Å². The number of hydrogen-bond donors (Lipinski definition) is 1. The summed E-state index contributed by atoms with van der Waals surface area (Å²) in [6.07, 6.45) is 2.35. The molecule has 0 bridgehead atoms. The van der Waals surface area contributed by atoms with Crippen molar-refractivity contribution in [1.29, 1.82) is 0 Å². The van der Waals surface area contributed by atoms with Crippen LogP contribution in [0.1, 0.15) is 18.9 Å². The van der Waals surface area contributed by atoms with Crippen LogP contribution in [0.2, 0.25) is 0 Å². The van der Waals surface area contributed by atoms with Crippen LogP contribution in [0.3, 0.4) is 0 Å². The first-order valence-electron chi connectivity index (χ1n) is 5.01. The number of benzene rings is 1. The predicted octanol–water partition coefficient (Wildman–Crippen LogP) is 1.96. The first-order valence-corrected chi connectivity index (χ1v) is 5.01. The zero-order chi connectivity index (χ0) is 9.10. The van der Waals surface area contributed by atoms with Gasteiger partial charge in [0.05, 0.1) is 5.69 Å². The van der Waals surface area contributed by atoms with Gasteiger partial charge in [-0.15, -0.1) is 0 Å². The Balaban J connectivity index is 2.26. The van der Waals surface area contributed by atoms with E-state index in [2.05, 4.69) is 41.6 Å². The van der Waals surface area contributed by atoms with Crippen LogP contribution in [0, 0.1) is 0 Å². The van der Waals surface area contributed by atoms with Crippen LogP contribution in [0.4, 0.5) is 5.69 Å². The quantitative estimate of drug-likeness (QED) is 0.741. The number of para-hydroxylation sites is 1. The van der Waals surface area contributed by atoms with Gasteiger partial charge in [0.25, 0.3) is 0 Å². The van der Waals surface area contributed by atoms with E-state index < -0.39 is 0 Å². The summed E-state index contributed by atoms with van der Waals surface area (Å²) in [4.78, 5) is 0. The fourth-order valence-electron chi connectivity index (χ4n) is 1.81. The monoisotopic (exact) mass is 176 g/mol. The highest BCUT2D eigenvalue weighted by Crippen LogP contribution is 2.20. The summed E-state index contributed by atoms with van der Waals surface area (Å²) < 4.78 is 0. The Morgan fingerprint density at radius 3 is 2.92 bits per heavy atom. The van der Waals surface area contributed by atoms with Gasteiger partial charge in [0, 0.05) is 13.1 Å². The van der Waals surface area contributed by atoms with E-state index in [0.717, 1.165) is 19.5 Å². The van der Waals surface area contributed by atoms with E-state index in [1.807, 2.05) is 0 Å². The van der Waals surface area contributed by atoms with Gasteiger partial charge < -0.3 is 5.01 Å². The first-order chi connectivity index (χ1) is 6.42. The molecule has 70 valence electrons. The van der Waals surface area contributed by atoms with Gasteiger partial charge in [-0.05, 0) is 24.5 Å². The van der Waals surface area contributed by atoms with Gasteiger partial charge in [0.15, 0.2) is 0 Å². The van der Waals surface area contributed by atoms with Crippen molar-refractivity contribution in [1.82, 2.24) is 5.43 Å². The highest BCUT2D eigenvalue weighted by atomic mass is 15.5. The smallest absolute Gasteiger partial charge is 0.0551 e. The number of anilines is 1. The normalized spacial score (nSPS) is 16.5. The van der Waals surface area contributed by atoms with Crippen LogP contribution in [0.15, 0.2) is 24.3 Å². The van der Waals surface area contributed by atoms with Gasteiger partial charge in [0.1, 0.15) is 0 Å². The average molecular weight is 176 g/mol. The Kier molecular flexibility index (Phi) is 2.50. The van der Waals surface area contributed by atoms with E-state index in [4.69, 9.17) is 0 Å². The molecule has 13 heavy (non-hydrogen) atoms. The van der Waals surface area contributed by atoms with Crippen molar-refractivity contribution < 1.29 is 0 Å². The van der Waals surface area contributed by atoms with Crippen LogP contribution in [0.25, 0.3) is 0 Å². The minimum atomic E-state index is 1.11. The summed E-state index contributed by atoms with van der Waals surface area (Å²) in [6, 6.07) is 8.61. The molecule has 0 saturated carbocycles. The maximum absolute atomic E-state index is 3.38. The molecule has 2 heteroatoms. The molecule has 1 N–H and O–H groups in total. The molecule has 0 spiro atoms. The summed E-state index contributed by atoms with van der Waals surface area (Å²) in [5.74, 6) is 0. The van der Waals surface area contributed by atoms with E-state index in [9.17, 15) is 0 Å². The van der Waals surface area contributed by atoms with Crippen LogP contribution in [0.5, 0.6) is 0 Å². The third-order valence-corrected chi connectivity index (χ3v) is 2.52. The average Bonchev–Trinajstić information content (AvgIpc) is 2.70. The second kappa shape index (κ2) is 3.79. The lowest BCUT2D eigenvalue weighted by molar-refractivity contribution is 0.781. The molecule has 1 heterocycles. The maximum atomic E-state index is 3.38. The molecule has 2 rings (SSSR count). The van der Waals surface area contributed by atoms with Gasteiger partial charge >= 0.3 is 0 Å². The van der Waals surface area contributed by atoms with Crippen LogP contribution in [-0.2, 0) is 6.42 Å². The molecule has 1 aliphatic heterocycles. The second-order valence-electron chi connectivity index (χ2n) is 3.40. The molecule has 1 aromatic carbocycles. The number of hydrazine groups is 1. The fourth-order valence-corrected chi connectivity index (χ4v) is 1.81. The number of nitrogens with one attached hydrogen (secondary N) is 1. The van der Waals surface area contributed by atoms with Crippen molar-refractivity contribution in [3.8, 4) is 0 Å². The molecule has 0 radical (unpaired) electrons. The predicted molar refractivity (Wildman–Crippen MR) is 55.8 cm³/mol. The maximum Gasteiger partial charge on any atom is 0.0551 e. The summed E-state index contributed by atoms with van der Waals surface area (Å²) >= 11 is 0. The first kappa shape index (κ1) is 8.57. The number of aryl methyl sites for hydroxylation is 1. The summed E-state index contributed by atoms with van der Waals surface area (Å²) in [7, 11) is 0. The van der Waals surface area contributed by atoms with Gasteiger partial charge in [-0.2, -0.15) is 0 Å². The molecular weight excluding hydrogens is 160 g/mol. The molecular formula is C11H16N2.